The van der Waals surface area contributed by atoms with Crippen LogP contribution in [0.25, 0.3) is 11.3 Å². The van der Waals surface area contributed by atoms with E-state index in [1.165, 1.54) is 0 Å². The molecule has 1 aliphatic rings. The first-order chi connectivity index (χ1) is 17.8. The number of hydrogen-bond donors (Lipinski definition) is 0. The van der Waals surface area contributed by atoms with E-state index in [0.717, 1.165) is 18.3 Å². The Kier molecular flexibility index (Phi) is 6.09. The normalized spacial score (nSPS) is 16.6. The van der Waals surface area contributed by atoms with E-state index in [1.807, 2.05) is 97.1 Å². The average Bonchev–Trinajstić information content (AvgIpc) is 3.46. The van der Waals surface area contributed by atoms with Crippen molar-refractivity contribution in [2.24, 2.45) is 10.2 Å². The van der Waals surface area contributed by atoms with Gasteiger partial charge in [0.1, 0.15) is 0 Å². The molecule has 0 bridgehead atoms. The molecule has 5 aromatic rings. The van der Waals surface area contributed by atoms with Gasteiger partial charge >= 0.3 is 214 Å². The molecule has 1 aromatic heterocycles. The first kappa shape index (κ1) is 22.3. The fourth-order valence-corrected chi connectivity index (χ4v) is 12.7. The molecule has 36 heavy (non-hydrogen) atoms. The fourth-order valence-electron chi connectivity index (χ4n) is 4.09. The second-order valence-electron chi connectivity index (χ2n) is 8.18. The molecule has 174 valence electrons. The molecular formula is C29H21N3O3Sn. The Bertz CT molecular complexity index is 1490. The molecular weight excluding hydrogens is 557 g/mol. The van der Waals surface area contributed by atoms with Crippen molar-refractivity contribution in [1.82, 2.24) is 5.16 Å². The molecule has 0 amide bonds. The Morgan fingerprint density at radius 2 is 1.22 bits per heavy atom. The van der Waals surface area contributed by atoms with Crippen molar-refractivity contribution in [2.75, 3.05) is 0 Å². The monoisotopic (exact) mass is 579 g/mol. The SMILES string of the molecule is C1=N\N=C(\c2cc(-c3ccccc3)on2)[O][Sn]([c]2ccccc2)([c]2ccccc2)[O]c2ccccc2/1. The van der Waals surface area contributed by atoms with Crippen molar-refractivity contribution in [3.63, 3.8) is 0 Å². The first-order valence-corrected chi connectivity index (χ1v) is 16.7. The molecule has 0 radical (unpaired) electrons. The van der Waals surface area contributed by atoms with Gasteiger partial charge in [0.25, 0.3) is 0 Å². The number of fused-ring (bicyclic) bond motifs is 1. The van der Waals surface area contributed by atoms with E-state index in [1.54, 1.807) is 6.21 Å². The van der Waals surface area contributed by atoms with Crippen LogP contribution in [0.4, 0.5) is 0 Å². The number of hydrogen-bond acceptors (Lipinski definition) is 6. The maximum atomic E-state index is 6.98. The van der Waals surface area contributed by atoms with Gasteiger partial charge in [0.05, 0.1) is 0 Å². The molecule has 0 aliphatic carbocycles. The van der Waals surface area contributed by atoms with Gasteiger partial charge in [0.15, 0.2) is 0 Å². The van der Waals surface area contributed by atoms with Crippen molar-refractivity contribution in [2.45, 2.75) is 0 Å². The summed E-state index contributed by atoms with van der Waals surface area (Å²) in [6.07, 6.45) is 1.68. The topological polar surface area (TPSA) is 69.2 Å². The first-order valence-electron chi connectivity index (χ1n) is 11.5. The van der Waals surface area contributed by atoms with Crippen LogP contribution in [0.15, 0.2) is 136 Å². The fraction of sp³-hybridized carbons (Fsp3) is 0. The molecule has 6 nitrogen and oxygen atoms in total. The van der Waals surface area contributed by atoms with E-state index in [4.69, 9.17) is 10.7 Å². The van der Waals surface area contributed by atoms with Crippen LogP contribution in [-0.4, -0.2) is 36.5 Å². The van der Waals surface area contributed by atoms with Gasteiger partial charge in [-0.2, -0.15) is 0 Å². The van der Waals surface area contributed by atoms with Crippen LogP contribution in [0.5, 0.6) is 5.75 Å². The zero-order chi connectivity index (χ0) is 24.2. The predicted octanol–water partition coefficient (Wildman–Crippen LogP) is 4.79. The van der Waals surface area contributed by atoms with E-state index in [2.05, 4.69) is 39.6 Å². The van der Waals surface area contributed by atoms with E-state index in [-0.39, 0.29) is 5.90 Å². The van der Waals surface area contributed by atoms with Crippen molar-refractivity contribution in [3.8, 4) is 17.1 Å². The van der Waals surface area contributed by atoms with Crippen LogP contribution in [0.2, 0.25) is 0 Å². The number of benzene rings is 4. The van der Waals surface area contributed by atoms with Crippen molar-refractivity contribution in [3.05, 3.63) is 133 Å². The average molecular weight is 578 g/mol. The summed E-state index contributed by atoms with van der Waals surface area (Å²) in [4.78, 5) is 0. The van der Waals surface area contributed by atoms with Crippen LogP contribution >= 0.6 is 0 Å². The van der Waals surface area contributed by atoms with Gasteiger partial charge in [-0.25, -0.2) is 0 Å². The second kappa shape index (κ2) is 9.83. The summed E-state index contributed by atoms with van der Waals surface area (Å²) in [7, 11) is 0. The summed E-state index contributed by atoms with van der Waals surface area (Å²) < 4.78 is 21.6. The summed E-state index contributed by atoms with van der Waals surface area (Å²) in [6, 6.07) is 39.6. The van der Waals surface area contributed by atoms with Crippen molar-refractivity contribution in [1.29, 1.82) is 0 Å². The molecule has 4 aromatic carbocycles. The number of rotatable bonds is 4. The van der Waals surface area contributed by atoms with Crippen LogP contribution in [-0.2, 0) is 3.07 Å². The zero-order valence-corrected chi connectivity index (χ0v) is 22.0. The van der Waals surface area contributed by atoms with Gasteiger partial charge in [-0.15, -0.1) is 0 Å². The van der Waals surface area contributed by atoms with Crippen molar-refractivity contribution < 1.29 is 10.7 Å². The van der Waals surface area contributed by atoms with Crippen LogP contribution < -0.4 is 10.2 Å². The standard InChI is InChI=1S/C17H13N3O3.2C6H5.Sn/c21-15-9-5-4-8-13(15)11-18-19-17(22)14-10-16(23-20-14)12-6-2-1-3-7-12;2*1-2-4-6-5-3-1;/h1-11,21H,(H,19,22);2*1-5H;/q;;;+2/p-2/b18-11-;;;. The van der Waals surface area contributed by atoms with Crippen LogP contribution in [0.3, 0.4) is 0 Å². The van der Waals surface area contributed by atoms with Crippen molar-refractivity contribution >= 4 is 38.5 Å². The number of para-hydroxylation sites is 1. The minimum absolute atomic E-state index is 0.258. The summed E-state index contributed by atoms with van der Waals surface area (Å²) in [5, 5.41) is 13.1. The molecule has 0 saturated heterocycles. The zero-order valence-electron chi connectivity index (χ0n) is 19.2. The van der Waals surface area contributed by atoms with Crippen LogP contribution in [0, 0.1) is 0 Å². The summed E-state index contributed by atoms with van der Waals surface area (Å²) >= 11 is -4.45. The van der Waals surface area contributed by atoms with Crippen LogP contribution in [0.1, 0.15) is 11.3 Å². The number of aromatic nitrogens is 1. The quantitative estimate of drug-likeness (QED) is 0.288. The molecule has 1 aliphatic heterocycles. The molecule has 0 N–H and O–H groups in total. The maximum absolute atomic E-state index is 6.98. The van der Waals surface area contributed by atoms with Gasteiger partial charge in [-0.05, 0) is 0 Å². The Hall–Kier alpha value is -4.17. The van der Waals surface area contributed by atoms with Gasteiger partial charge in [0, 0.05) is 0 Å². The summed E-state index contributed by atoms with van der Waals surface area (Å²) in [5.41, 5.74) is 2.19. The van der Waals surface area contributed by atoms with Gasteiger partial charge < -0.3 is 0 Å². The minimum atomic E-state index is -4.45. The Morgan fingerprint density at radius 1 is 0.611 bits per heavy atom. The molecule has 6 rings (SSSR count). The third kappa shape index (κ3) is 4.31. The molecule has 7 heteroatoms. The van der Waals surface area contributed by atoms with E-state index >= 15 is 0 Å². The predicted molar refractivity (Wildman–Crippen MR) is 142 cm³/mol. The number of nitrogens with zero attached hydrogens (tertiary/aromatic N) is 3. The Labute approximate surface area is 213 Å². The third-order valence-corrected chi connectivity index (χ3v) is 14.9. The third-order valence-electron chi connectivity index (χ3n) is 5.85. The van der Waals surface area contributed by atoms with E-state index in [0.29, 0.717) is 17.2 Å². The Morgan fingerprint density at radius 3 is 1.92 bits per heavy atom. The van der Waals surface area contributed by atoms with Gasteiger partial charge in [-0.1, -0.05) is 0 Å². The molecule has 0 saturated carbocycles. The van der Waals surface area contributed by atoms with Gasteiger partial charge in [0.2, 0.25) is 0 Å². The second-order valence-corrected chi connectivity index (χ2v) is 16.2. The summed E-state index contributed by atoms with van der Waals surface area (Å²) in [6.45, 7) is 0. The molecule has 0 spiro atoms. The van der Waals surface area contributed by atoms with E-state index < -0.39 is 19.2 Å². The molecule has 2 heterocycles. The van der Waals surface area contributed by atoms with E-state index in [9.17, 15) is 0 Å². The molecule has 0 unspecified atom stereocenters. The molecule has 0 fully saturated rings. The Balaban J connectivity index is 1.55. The van der Waals surface area contributed by atoms with Gasteiger partial charge in [-0.3, -0.25) is 0 Å². The molecule has 0 atom stereocenters. The summed E-state index contributed by atoms with van der Waals surface area (Å²) in [5.74, 6) is 1.57.